The van der Waals surface area contributed by atoms with Crippen molar-refractivity contribution >= 4 is 40.4 Å². The van der Waals surface area contributed by atoms with E-state index in [2.05, 4.69) is 5.32 Å². The lowest BCUT2D eigenvalue weighted by atomic mass is 10.0. The summed E-state index contributed by atoms with van der Waals surface area (Å²) >= 11 is 6.27. The maximum Gasteiger partial charge on any atom is 0.282 e. The van der Waals surface area contributed by atoms with Crippen molar-refractivity contribution in [1.29, 1.82) is 0 Å². The Morgan fingerprint density at radius 2 is 1.66 bits per heavy atom. The fourth-order valence-corrected chi connectivity index (χ4v) is 3.80. The van der Waals surface area contributed by atoms with Crippen molar-refractivity contribution in [2.45, 2.75) is 20.8 Å². The molecule has 0 saturated carbocycles. The predicted molar refractivity (Wildman–Crippen MR) is 128 cm³/mol. The molecule has 6 heteroatoms. The van der Waals surface area contributed by atoms with Crippen LogP contribution in [0.3, 0.4) is 0 Å². The van der Waals surface area contributed by atoms with Crippen molar-refractivity contribution in [3.05, 3.63) is 94.1 Å². The van der Waals surface area contributed by atoms with Crippen molar-refractivity contribution in [3.63, 3.8) is 0 Å². The number of aryl methyl sites for hydroxylation is 1. The summed E-state index contributed by atoms with van der Waals surface area (Å²) in [5, 5.41) is 3.76. The molecular weight excluding hydrogens is 424 g/mol. The number of amides is 2. The summed E-state index contributed by atoms with van der Waals surface area (Å²) in [7, 11) is 0. The third-order valence-corrected chi connectivity index (χ3v) is 5.75. The highest BCUT2D eigenvalue weighted by molar-refractivity contribution is 6.46. The molecule has 1 heterocycles. The second kappa shape index (κ2) is 8.89. The summed E-state index contributed by atoms with van der Waals surface area (Å²) < 4.78 is 5.56. The van der Waals surface area contributed by atoms with Gasteiger partial charge in [-0.15, -0.1) is 0 Å². The molecule has 0 bridgehead atoms. The maximum absolute atomic E-state index is 13.6. The molecule has 1 aliphatic heterocycles. The van der Waals surface area contributed by atoms with Crippen LogP contribution in [0.1, 0.15) is 23.6 Å². The Morgan fingerprint density at radius 3 is 2.38 bits per heavy atom. The number of hydrogen-bond donors (Lipinski definition) is 1. The third-order valence-electron chi connectivity index (χ3n) is 5.34. The van der Waals surface area contributed by atoms with Gasteiger partial charge in [-0.1, -0.05) is 53.6 Å². The van der Waals surface area contributed by atoms with Crippen LogP contribution in [0.4, 0.5) is 11.4 Å². The Morgan fingerprint density at radius 1 is 0.938 bits per heavy atom. The molecule has 0 unspecified atom stereocenters. The zero-order valence-corrected chi connectivity index (χ0v) is 18.9. The minimum absolute atomic E-state index is 0.214. The Balaban J connectivity index is 1.82. The number of ether oxygens (including phenoxy) is 1. The van der Waals surface area contributed by atoms with Crippen LogP contribution < -0.4 is 15.0 Å². The molecule has 5 nitrogen and oxygen atoms in total. The molecule has 0 aliphatic carbocycles. The van der Waals surface area contributed by atoms with E-state index in [1.807, 2.05) is 51.1 Å². The van der Waals surface area contributed by atoms with Crippen LogP contribution in [0.25, 0.3) is 5.57 Å². The number of carbonyl (C=O) groups is 2. The zero-order chi connectivity index (χ0) is 22.8. The van der Waals surface area contributed by atoms with Crippen LogP contribution in [0.5, 0.6) is 5.75 Å². The molecule has 0 fully saturated rings. The SMILES string of the molecule is CCOc1cccc(N2C(=O)C(Nc3cccc(Cl)c3C)=C(c3ccc(C)cc3)C2=O)c1. The molecule has 0 radical (unpaired) electrons. The van der Waals surface area contributed by atoms with Crippen LogP contribution in [0.15, 0.2) is 72.4 Å². The van der Waals surface area contributed by atoms with E-state index < -0.39 is 11.8 Å². The summed E-state index contributed by atoms with van der Waals surface area (Å²) in [5.74, 6) is -0.233. The number of imide groups is 1. The number of nitrogens with zero attached hydrogens (tertiary/aromatic N) is 1. The van der Waals surface area contributed by atoms with Crippen LogP contribution in [-0.2, 0) is 9.59 Å². The van der Waals surface area contributed by atoms with Gasteiger partial charge in [-0.3, -0.25) is 9.59 Å². The number of nitrogens with one attached hydrogen (secondary N) is 1. The molecule has 3 aromatic carbocycles. The van der Waals surface area contributed by atoms with Gasteiger partial charge >= 0.3 is 0 Å². The van der Waals surface area contributed by atoms with E-state index in [1.165, 1.54) is 4.90 Å². The van der Waals surface area contributed by atoms with E-state index in [0.717, 1.165) is 11.1 Å². The zero-order valence-electron chi connectivity index (χ0n) is 18.1. The van der Waals surface area contributed by atoms with E-state index in [9.17, 15) is 9.59 Å². The lowest BCUT2D eigenvalue weighted by Crippen LogP contribution is -2.32. The highest BCUT2D eigenvalue weighted by atomic mass is 35.5. The number of anilines is 2. The first-order chi connectivity index (χ1) is 15.4. The average Bonchev–Trinajstić information content (AvgIpc) is 3.02. The lowest BCUT2D eigenvalue weighted by Gasteiger charge is -2.17. The van der Waals surface area contributed by atoms with Crippen molar-refractivity contribution in [1.82, 2.24) is 0 Å². The van der Waals surface area contributed by atoms with E-state index in [4.69, 9.17) is 16.3 Å². The maximum atomic E-state index is 13.6. The Labute approximate surface area is 192 Å². The Hall–Kier alpha value is -3.57. The predicted octanol–water partition coefficient (Wildman–Crippen LogP) is 5.75. The number of benzene rings is 3. The normalized spacial score (nSPS) is 13.7. The molecule has 32 heavy (non-hydrogen) atoms. The number of halogens is 1. The van der Waals surface area contributed by atoms with Gasteiger partial charge in [0.2, 0.25) is 0 Å². The van der Waals surface area contributed by atoms with E-state index in [0.29, 0.717) is 39.9 Å². The molecule has 3 aromatic rings. The molecule has 0 saturated heterocycles. The quantitative estimate of drug-likeness (QED) is 0.489. The minimum Gasteiger partial charge on any atom is -0.494 e. The van der Waals surface area contributed by atoms with Gasteiger partial charge in [0.15, 0.2) is 0 Å². The van der Waals surface area contributed by atoms with Gasteiger partial charge in [-0.05, 0) is 56.2 Å². The summed E-state index contributed by atoms with van der Waals surface area (Å²) in [5.41, 5.74) is 4.18. The average molecular weight is 447 g/mol. The van der Waals surface area contributed by atoms with Gasteiger partial charge in [0.05, 0.1) is 17.9 Å². The molecule has 0 spiro atoms. The summed E-state index contributed by atoms with van der Waals surface area (Å²) in [4.78, 5) is 28.3. The second-order valence-electron chi connectivity index (χ2n) is 7.53. The fourth-order valence-electron chi connectivity index (χ4n) is 3.62. The molecule has 162 valence electrons. The standard InChI is InChI=1S/C26H23ClN2O3/c1-4-32-20-8-5-7-19(15-20)29-25(30)23(18-13-11-16(2)12-14-18)24(26(29)31)28-22-10-6-9-21(27)17(22)3/h5-15,28H,4H2,1-3H3. The lowest BCUT2D eigenvalue weighted by molar-refractivity contribution is -0.120. The first-order valence-electron chi connectivity index (χ1n) is 10.4. The van der Waals surface area contributed by atoms with Crippen LogP contribution >= 0.6 is 11.6 Å². The van der Waals surface area contributed by atoms with Crippen molar-refractivity contribution in [2.24, 2.45) is 0 Å². The van der Waals surface area contributed by atoms with Gasteiger partial charge in [0.25, 0.3) is 11.8 Å². The molecule has 1 aliphatic rings. The largest absolute Gasteiger partial charge is 0.494 e. The van der Waals surface area contributed by atoms with Gasteiger partial charge in [-0.25, -0.2) is 4.90 Å². The molecule has 2 amide bonds. The highest BCUT2D eigenvalue weighted by Crippen LogP contribution is 2.36. The first-order valence-corrected chi connectivity index (χ1v) is 10.7. The Bertz CT molecular complexity index is 1230. The molecule has 4 rings (SSSR count). The monoisotopic (exact) mass is 446 g/mol. The molecular formula is C26H23ClN2O3. The number of hydrogen-bond acceptors (Lipinski definition) is 4. The summed E-state index contributed by atoms with van der Waals surface area (Å²) in [6.45, 7) is 6.20. The number of rotatable bonds is 6. The summed E-state index contributed by atoms with van der Waals surface area (Å²) in [6.07, 6.45) is 0. The number of carbonyl (C=O) groups excluding carboxylic acids is 2. The van der Waals surface area contributed by atoms with Crippen molar-refractivity contribution in [2.75, 3.05) is 16.8 Å². The van der Waals surface area contributed by atoms with Gasteiger partial charge in [-0.2, -0.15) is 0 Å². The smallest absolute Gasteiger partial charge is 0.282 e. The molecule has 1 N–H and O–H groups in total. The van der Waals surface area contributed by atoms with E-state index in [-0.39, 0.29) is 5.70 Å². The van der Waals surface area contributed by atoms with E-state index in [1.54, 1.807) is 36.4 Å². The van der Waals surface area contributed by atoms with Crippen molar-refractivity contribution < 1.29 is 14.3 Å². The van der Waals surface area contributed by atoms with Gasteiger partial charge < -0.3 is 10.1 Å². The molecule has 0 aromatic heterocycles. The fraction of sp³-hybridized carbons (Fsp3) is 0.154. The second-order valence-corrected chi connectivity index (χ2v) is 7.94. The van der Waals surface area contributed by atoms with Gasteiger partial charge in [0.1, 0.15) is 11.4 Å². The topological polar surface area (TPSA) is 58.6 Å². The van der Waals surface area contributed by atoms with Crippen molar-refractivity contribution in [3.8, 4) is 5.75 Å². The third kappa shape index (κ3) is 3.99. The van der Waals surface area contributed by atoms with Crippen LogP contribution in [0, 0.1) is 13.8 Å². The highest BCUT2D eigenvalue weighted by Gasteiger charge is 2.40. The van der Waals surface area contributed by atoms with E-state index >= 15 is 0 Å². The van der Waals surface area contributed by atoms with Gasteiger partial charge in [0, 0.05) is 16.8 Å². The van der Waals surface area contributed by atoms with Crippen LogP contribution in [-0.4, -0.2) is 18.4 Å². The van der Waals surface area contributed by atoms with Crippen LogP contribution in [0.2, 0.25) is 5.02 Å². The minimum atomic E-state index is -0.432. The summed E-state index contributed by atoms with van der Waals surface area (Å²) in [6, 6.07) is 19.9. The molecule has 0 atom stereocenters. The Kier molecular flexibility index (Phi) is 6.01. The first kappa shape index (κ1) is 21.7.